The van der Waals surface area contributed by atoms with Crippen LogP contribution in [0.4, 0.5) is 5.69 Å². The number of hydrogen-bond donors (Lipinski definition) is 0. The van der Waals surface area contributed by atoms with Crippen molar-refractivity contribution in [1.82, 2.24) is 9.88 Å². The normalized spacial score (nSPS) is 11.1. The smallest absolute Gasteiger partial charge is 0.360 e. The van der Waals surface area contributed by atoms with Crippen LogP contribution < -0.4 is 0 Å². The van der Waals surface area contributed by atoms with E-state index in [9.17, 15) is 19.7 Å². The van der Waals surface area contributed by atoms with Gasteiger partial charge in [-0.15, -0.1) is 0 Å². The van der Waals surface area contributed by atoms with E-state index in [1.165, 1.54) is 36.3 Å². The number of methoxy groups -OCH3 is 1. The summed E-state index contributed by atoms with van der Waals surface area (Å²) in [6, 6.07) is 5.49. The average Bonchev–Trinajstić information content (AvgIpc) is 3.06. The lowest BCUT2D eigenvalue weighted by atomic mass is 10.0. The van der Waals surface area contributed by atoms with Gasteiger partial charge < -0.3 is 14.1 Å². The number of aromatic nitrogens is 1. The van der Waals surface area contributed by atoms with Gasteiger partial charge in [-0.05, 0) is 26.8 Å². The molecule has 0 saturated heterocycles. The van der Waals surface area contributed by atoms with Crippen LogP contribution in [0.1, 0.15) is 47.5 Å². The number of carbonyl (C=O) groups is 2. The molecule has 138 valence electrons. The second-order valence-corrected chi connectivity index (χ2v) is 6.49. The van der Waals surface area contributed by atoms with Crippen LogP contribution in [0.3, 0.4) is 0 Å². The van der Waals surface area contributed by atoms with Crippen LogP contribution in [0.2, 0.25) is 0 Å². The second kappa shape index (κ2) is 7.34. The minimum Gasteiger partial charge on any atom is -0.464 e. The van der Waals surface area contributed by atoms with Gasteiger partial charge >= 0.3 is 5.97 Å². The van der Waals surface area contributed by atoms with Crippen molar-refractivity contribution >= 4 is 17.6 Å². The van der Waals surface area contributed by atoms with Crippen molar-refractivity contribution in [2.45, 2.75) is 32.9 Å². The third-order valence-electron chi connectivity index (χ3n) is 3.60. The van der Waals surface area contributed by atoms with Gasteiger partial charge in [0, 0.05) is 23.2 Å². The Hall–Kier alpha value is -3.23. The zero-order valence-electron chi connectivity index (χ0n) is 14.9. The van der Waals surface area contributed by atoms with E-state index in [2.05, 4.69) is 9.72 Å². The molecule has 0 unspecified atom stereocenters. The topological polar surface area (TPSA) is 116 Å². The van der Waals surface area contributed by atoms with Crippen LogP contribution in [0.15, 0.2) is 34.9 Å². The van der Waals surface area contributed by atoms with Gasteiger partial charge in [0.15, 0.2) is 5.69 Å². The number of nitro groups is 1. The van der Waals surface area contributed by atoms with Gasteiger partial charge in [0.2, 0.25) is 5.89 Å². The van der Waals surface area contributed by atoms with Gasteiger partial charge in [0.05, 0.1) is 18.6 Å². The van der Waals surface area contributed by atoms with E-state index in [0.717, 1.165) is 6.26 Å². The second-order valence-electron chi connectivity index (χ2n) is 6.49. The Morgan fingerprint density at radius 1 is 1.35 bits per heavy atom. The Kier molecular flexibility index (Phi) is 5.39. The summed E-state index contributed by atoms with van der Waals surface area (Å²) in [6.07, 6.45) is 1.15. The molecule has 9 heteroatoms. The standard InChI is InChI=1S/C17H19N3O6/c1-17(2,3)19(9-14-18-13(10-26-14)16(22)25-4)15(21)11-6-5-7-12(8-11)20(23)24/h5-8,10H,9H2,1-4H3. The van der Waals surface area contributed by atoms with E-state index >= 15 is 0 Å². The van der Waals surface area contributed by atoms with Gasteiger partial charge in [-0.3, -0.25) is 14.9 Å². The Morgan fingerprint density at radius 2 is 2.04 bits per heavy atom. The molecule has 9 nitrogen and oxygen atoms in total. The molecule has 0 N–H and O–H groups in total. The Morgan fingerprint density at radius 3 is 2.62 bits per heavy atom. The van der Waals surface area contributed by atoms with Crippen molar-refractivity contribution in [3.8, 4) is 0 Å². The summed E-state index contributed by atoms with van der Waals surface area (Å²) in [5.41, 5.74) is -0.622. The van der Waals surface area contributed by atoms with E-state index in [1.807, 2.05) is 20.8 Å². The summed E-state index contributed by atoms with van der Waals surface area (Å²) < 4.78 is 9.82. The maximum Gasteiger partial charge on any atom is 0.360 e. The van der Waals surface area contributed by atoms with Gasteiger partial charge in [0.25, 0.3) is 11.6 Å². The molecule has 1 aromatic carbocycles. The lowest BCUT2D eigenvalue weighted by Crippen LogP contribution is -2.45. The number of nitrogens with zero attached hydrogens (tertiary/aromatic N) is 3. The summed E-state index contributed by atoms with van der Waals surface area (Å²) in [6.45, 7) is 5.42. The number of oxazole rings is 1. The van der Waals surface area contributed by atoms with E-state index in [0.29, 0.717) is 0 Å². The third-order valence-corrected chi connectivity index (χ3v) is 3.60. The predicted octanol–water partition coefficient (Wildman–Crippen LogP) is 2.81. The fraction of sp³-hybridized carbons (Fsp3) is 0.353. The molecule has 0 atom stereocenters. The number of nitro benzene ring substituents is 1. The van der Waals surface area contributed by atoms with Crippen molar-refractivity contribution in [1.29, 1.82) is 0 Å². The highest BCUT2D eigenvalue weighted by Crippen LogP contribution is 2.22. The lowest BCUT2D eigenvalue weighted by Gasteiger charge is -2.34. The molecule has 0 bridgehead atoms. The molecule has 26 heavy (non-hydrogen) atoms. The largest absolute Gasteiger partial charge is 0.464 e. The molecule has 0 aliphatic rings. The Balaban J connectivity index is 2.32. The maximum absolute atomic E-state index is 12.9. The van der Waals surface area contributed by atoms with E-state index in [4.69, 9.17) is 4.42 Å². The van der Waals surface area contributed by atoms with Crippen molar-refractivity contribution < 1.29 is 23.7 Å². The Labute approximate surface area is 149 Å². The minimum atomic E-state index is -0.646. The lowest BCUT2D eigenvalue weighted by molar-refractivity contribution is -0.384. The molecular formula is C17H19N3O6. The Bertz CT molecular complexity index is 837. The first-order chi connectivity index (χ1) is 12.1. The van der Waals surface area contributed by atoms with Crippen LogP contribution in [0.5, 0.6) is 0 Å². The quantitative estimate of drug-likeness (QED) is 0.457. The molecule has 0 aliphatic carbocycles. The summed E-state index contributed by atoms with van der Waals surface area (Å²) in [5, 5.41) is 10.9. The zero-order valence-corrected chi connectivity index (χ0v) is 14.9. The monoisotopic (exact) mass is 361 g/mol. The number of benzene rings is 1. The fourth-order valence-corrected chi connectivity index (χ4v) is 2.24. The molecule has 0 saturated carbocycles. The van der Waals surface area contributed by atoms with Crippen LogP contribution in [-0.2, 0) is 11.3 Å². The summed E-state index contributed by atoms with van der Waals surface area (Å²) in [7, 11) is 1.23. The molecular weight excluding hydrogens is 342 g/mol. The molecule has 0 aliphatic heterocycles. The molecule has 0 radical (unpaired) electrons. The highest BCUT2D eigenvalue weighted by atomic mass is 16.6. The number of non-ortho nitro benzene ring substituents is 1. The van der Waals surface area contributed by atoms with Crippen molar-refractivity contribution in [3.05, 3.63) is 57.8 Å². The van der Waals surface area contributed by atoms with Gasteiger partial charge in [0.1, 0.15) is 6.26 Å². The number of ether oxygens (including phenoxy) is 1. The van der Waals surface area contributed by atoms with E-state index < -0.39 is 22.3 Å². The summed E-state index contributed by atoms with van der Waals surface area (Å²) in [5.74, 6) is -0.912. The summed E-state index contributed by atoms with van der Waals surface area (Å²) in [4.78, 5) is 40.2. The first-order valence-corrected chi connectivity index (χ1v) is 7.72. The van der Waals surface area contributed by atoms with E-state index in [-0.39, 0.29) is 29.4 Å². The molecule has 2 rings (SSSR count). The highest BCUT2D eigenvalue weighted by Gasteiger charge is 2.30. The number of carbonyl (C=O) groups excluding carboxylic acids is 2. The van der Waals surface area contributed by atoms with Crippen LogP contribution in [0, 0.1) is 10.1 Å². The van der Waals surface area contributed by atoms with Gasteiger partial charge in [-0.1, -0.05) is 6.07 Å². The van der Waals surface area contributed by atoms with Gasteiger partial charge in [-0.25, -0.2) is 9.78 Å². The number of hydrogen-bond acceptors (Lipinski definition) is 7. The van der Waals surface area contributed by atoms with Crippen LogP contribution in [0.25, 0.3) is 0 Å². The zero-order chi connectivity index (χ0) is 19.5. The molecule has 0 spiro atoms. The maximum atomic E-state index is 12.9. The van der Waals surface area contributed by atoms with Crippen LogP contribution >= 0.6 is 0 Å². The SMILES string of the molecule is COC(=O)c1coc(CN(C(=O)c2cccc([N+](=O)[O-])c2)C(C)(C)C)n1. The molecule has 1 aromatic heterocycles. The molecule has 1 amide bonds. The van der Waals surface area contributed by atoms with Gasteiger partial charge in [-0.2, -0.15) is 0 Å². The third kappa shape index (κ3) is 4.24. The number of amides is 1. The van der Waals surface area contributed by atoms with E-state index in [1.54, 1.807) is 0 Å². The molecule has 0 fully saturated rings. The predicted molar refractivity (Wildman–Crippen MR) is 90.6 cm³/mol. The van der Waals surface area contributed by atoms with Crippen molar-refractivity contribution in [2.24, 2.45) is 0 Å². The summed E-state index contributed by atoms with van der Waals surface area (Å²) >= 11 is 0. The number of esters is 1. The number of rotatable bonds is 5. The molecule has 2 aromatic rings. The molecule has 1 heterocycles. The van der Waals surface area contributed by atoms with Crippen LogP contribution in [-0.4, -0.2) is 39.3 Å². The van der Waals surface area contributed by atoms with Crippen molar-refractivity contribution in [2.75, 3.05) is 7.11 Å². The highest BCUT2D eigenvalue weighted by molar-refractivity contribution is 5.95. The fourth-order valence-electron chi connectivity index (χ4n) is 2.24. The average molecular weight is 361 g/mol. The first kappa shape index (κ1) is 19.1. The first-order valence-electron chi connectivity index (χ1n) is 7.72. The van der Waals surface area contributed by atoms with Crippen molar-refractivity contribution in [3.63, 3.8) is 0 Å². The minimum absolute atomic E-state index is 0.000780.